The van der Waals surface area contributed by atoms with Crippen LogP contribution < -0.4 is 5.73 Å². The van der Waals surface area contributed by atoms with Gasteiger partial charge in [0.1, 0.15) is 11.9 Å². The van der Waals surface area contributed by atoms with Crippen molar-refractivity contribution in [2.24, 2.45) is 5.73 Å². The first-order valence-corrected chi connectivity index (χ1v) is 8.57. The van der Waals surface area contributed by atoms with Crippen LogP contribution in [0.25, 0.3) is 0 Å². The molecule has 0 heterocycles. The molecule has 0 bridgehead atoms. The molecule has 3 N–H and O–H groups in total. The molecule has 1 aliphatic rings. The van der Waals surface area contributed by atoms with Crippen LogP contribution >= 0.6 is 11.6 Å². The van der Waals surface area contributed by atoms with Gasteiger partial charge in [-0.25, -0.2) is 9.18 Å². The van der Waals surface area contributed by atoms with Crippen molar-refractivity contribution in [1.29, 1.82) is 0 Å². The lowest BCUT2D eigenvalue weighted by molar-refractivity contribution is -0.306. The summed E-state index contributed by atoms with van der Waals surface area (Å²) in [7, 11) is 0. The molecule has 172 valence electrons. The van der Waals surface area contributed by atoms with Gasteiger partial charge < -0.3 is 10.8 Å². The van der Waals surface area contributed by atoms with Crippen molar-refractivity contribution in [3.8, 4) is 0 Å². The first-order chi connectivity index (χ1) is 13.6. The lowest BCUT2D eigenvalue weighted by Gasteiger charge is -2.38. The van der Waals surface area contributed by atoms with E-state index in [4.69, 9.17) is 27.2 Å². The Bertz CT molecular complexity index is 736. The van der Waals surface area contributed by atoms with Crippen molar-refractivity contribution >= 4 is 17.6 Å². The summed E-state index contributed by atoms with van der Waals surface area (Å²) in [5.74, 6) is -9.17. The fourth-order valence-corrected chi connectivity index (χ4v) is 2.73. The van der Waals surface area contributed by atoms with Crippen LogP contribution in [0, 0.1) is 5.82 Å². The first-order valence-electron chi connectivity index (χ1n) is 8.20. The van der Waals surface area contributed by atoms with Crippen LogP contribution in [0.1, 0.15) is 24.4 Å². The van der Waals surface area contributed by atoms with Gasteiger partial charge in [0.15, 0.2) is 0 Å². The summed E-state index contributed by atoms with van der Waals surface area (Å²) in [5.41, 5.74) is 4.57. The molecule has 1 saturated carbocycles. The summed E-state index contributed by atoms with van der Waals surface area (Å²) in [5, 5.41) is 6.62. The molecule has 4 nitrogen and oxygen atoms in total. The average molecular weight is 475 g/mol. The van der Waals surface area contributed by atoms with Crippen LogP contribution in [0.2, 0.25) is 5.02 Å². The molecule has 1 unspecified atom stereocenters. The summed E-state index contributed by atoms with van der Waals surface area (Å²) in [6, 6.07) is 0.158. The molecule has 1 aromatic carbocycles. The standard InChI is InChI=1S/C14H15ClF6N2.C2HF3O2/c15-10-3-1-2-9(11(10)16)12(13(17,18)14(19,20)21)23(7-6-22)8-4-5-8;3-2(4,5)1(6)7/h1-3,8,12H,4-7,22H2;(H,6,7). The predicted octanol–water partition coefficient (Wildman–Crippen LogP) is 4.77. The van der Waals surface area contributed by atoms with Gasteiger partial charge in [-0.15, -0.1) is 0 Å². The number of alkyl halides is 8. The smallest absolute Gasteiger partial charge is 0.475 e. The van der Waals surface area contributed by atoms with E-state index in [9.17, 15) is 39.5 Å². The molecule has 2 rings (SSSR count). The maximum absolute atomic E-state index is 14.2. The van der Waals surface area contributed by atoms with E-state index < -0.39 is 52.7 Å². The molecule has 0 aromatic heterocycles. The van der Waals surface area contributed by atoms with Gasteiger partial charge in [0.05, 0.1) is 5.02 Å². The second kappa shape index (κ2) is 9.60. The molecule has 0 aliphatic heterocycles. The number of halogens is 10. The number of rotatable bonds is 6. The summed E-state index contributed by atoms with van der Waals surface area (Å²) in [4.78, 5) is 9.83. The first kappa shape index (κ1) is 26.3. The third kappa shape index (κ3) is 6.38. The Morgan fingerprint density at radius 1 is 1.17 bits per heavy atom. The topological polar surface area (TPSA) is 66.6 Å². The van der Waals surface area contributed by atoms with Crippen LogP contribution in [0.4, 0.5) is 39.5 Å². The van der Waals surface area contributed by atoms with Crippen LogP contribution in [0.3, 0.4) is 0 Å². The van der Waals surface area contributed by atoms with Crippen molar-refractivity contribution in [1.82, 2.24) is 4.90 Å². The number of carboxylic acid groups (broad SMARTS) is 1. The molecule has 0 radical (unpaired) electrons. The van der Waals surface area contributed by atoms with Crippen LogP contribution in [-0.4, -0.2) is 53.4 Å². The van der Waals surface area contributed by atoms with Crippen LogP contribution in [0.5, 0.6) is 0 Å². The molecule has 0 spiro atoms. The molecule has 1 aliphatic carbocycles. The Morgan fingerprint density at radius 2 is 1.67 bits per heavy atom. The van der Waals surface area contributed by atoms with E-state index in [2.05, 4.69) is 0 Å². The van der Waals surface area contributed by atoms with E-state index in [-0.39, 0.29) is 13.1 Å². The SMILES string of the molecule is NCCN(C1CC1)C(c1cccc(Cl)c1F)C(F)(F)C(F)(F)F.O=C(O)C(F)(F)F. The zero-order chi connectivity index (χ0) is 23.5. The number of benzene rings is 1. The molecular weight excluding hydrogens is 459 g/mol. The Balaban J connectivity index is 0.000000553. The minimum Gasteiger partial charge on any atom is -0.475 e. The Labute approximate surface area is 169 Å². The number of aliphatic carboxylic acids is 1. The van der Waals surface area contributed by atoms with Crippen LogP contribution in [-0.2, 0) is 4.79 Å². The van der Waals surface area contributed by atoms with Gasteiger partial charge in [-0.3, -0.25) is 4.90 Å². The van der Waals surface area contributed by atoms with Gasteiger partial charge in [-0.1, -0.05) is 23.7 Å². The number of hydrogen-bond donors (Lipinski definition) is 2. The van der Waals surface area contributed by atoms with Crippen LogP contribution in [0.15, 0.2) is 18.2 Å². The fourth-order valence-electron chi connectivity index (χ4n) is 2.55. The Morgan fingerprint density at radius 3 is 2.03 bits per heavy atom. The fraction of sp³-hybridized carbons (Fsp3) is 0.562. The van der Waals surface area contributed by atoms with Crippen molar-refractivity contribution in [2.75, 3.05) is 13.1 Å². The summed E-state index contributed by atoms with van der Waals surface area (Å²) in [6.45, 7) is -0.323. The van der Waals surface area contributed by atoms with E-state index in [0.717, 1.165) is 23.1 Å². The molecule has 0 saturated heterocycles. The molecular formula is C16H16ClF9N2O2. The summed E-state index contributed by atoms with van der Waals surface area (Å²) >= 11 is 5.55. The van der Waals surface area contributed by atoms with E-state index in [1.54, 1.807) is 0 Å². The highest BCUT2D eigenvalue weighted by atomic mass is 35.5. The molecule has 1 aromatic rings. The normalized spacial score (nSPS) is 16.1. The number of carbonyl (C=O) groups is 1. The van der Waals surface area contributed by atoms with E-state index in [1.165, 1.54) is 0 Å². The quantitative estimate of drug-likeness (QED) is 0.583. The third-order valence-electron chi connectivity index (χ3n) is 3.97. The number of nitrogens with zero attached hydrogens (tertiary/aromatic N) is 1. The highest BCUT2D eigenvalue weighted by Gasteiger charge is 2.65. The zero-order valence-corrected chi connectivity index (χ0v) is 15.6. The summed E-state index contributed by atoms with van der Waals surface area (Å²) in [6.07, 6.45) is -9.98. The Kier molecular flexibility index (Phi) is 8.42. The van der Waals surface area contributed by atoms with Gasteiger partial charge in [-0.05, 0) is 18.9 Å². The predicted molar refractivity (Wildman–Crippen MR) is 87.6 cm³/mol. The molecule has 1 atom stereocenters. The number of hydrogen-bond acceptors (Lipinski definition) is 3. The number of nitrogens with two attached hydrogens (primary N) is 1. The van der Waals surface area contributed by atoms with E-state index in [0.29, 0.717) is 12.8 Å². The minimum atomic E-state index is -5.83. The van der Waals surface area contributed by atoms with Gasteiger partial charge in [0.2, 0.25) is 0 Å². The van der Waals surface area contributed by atoms with Crippen molar-refractivity contribution in [3.63, 3.8) is 0 Å². The monoisotopic (exact) mass is 474 g/mol. The van der Waals surface area contributed by atoms with E-state index >= 15 is 0 Å². The maximum atomic E-state index is 14.2. The van der Waals surface area contributed by atoms with Gasteiger partial charge in [0.25, 0.3) is 0 Å². The second-order valence-corrected chi connectivity index (χ2v) is 6.63. The van der Waals surface area contributed by atoms with Gasteiger partial charge in [-0.2, -0.15) is 35.1 Å². The molecule has 14 heteroatoms. The van der Waals surface area contributed by atoms with Gasteiger partial charge in [0, 0.05) is 24.7 Å². The largest absolute Gasteiger partial charge is 0.490 e. The summed E-state index contributed by atoms with van der Waals surface area (Å²) < 4.78 is 113. The lowest BCUT2D eigenvalue weighted by Crippen LogP contribution is -2.51. The zero-order valence-electron chi connectivity index (χ0n) is 14.9. The highest BCUT2D eigenvalue weighted by Crippen LogP contribution is 2.50. The minimum absolute atomic E-state index is 0.122. The molecule has 1 fully saturated rings. The van der Waals surface area contributed by atoms with Crippen molar-refractivity contribution < 1.29 is 49.4 Å². The van der Waals surface area contributed by atoms with E-state index in [1.807, 2.05) is 0 Å². The van der Waals surface area contributed by atoms with Crippen molar-refractivity contribution in [3.05, 3.63) is 34.6 Å². The van der Waals surface area contributed by atoms with Crippen molar-refractivity contribution in [2.45, 2.75) is 43.2 Å². The molecule has 0 amide bonds. The highest BCUT2D eigenvalue weighted by molar-refractivity contribution is 6.30. The lowest BCUT2D eigenvalue weighted by atomic mass is 9.97. The second-order valence-electron chi connectivity index (χ2n) is 6.23. The Hall–Kier alpha value is -1.73. The average Bonchev–Trinajstić information content (AvgIpc) is 3.41. The third-order valence-corrected chi connectivity index (χ3v) is 4.27. The number of carboxylic acids is 1. The maximum Gasteiger partial charge on any atom is 0.490 e. The van der Waals surface area contributed by atoms with Gasteiger partial charge >= 0.3 is 24.2 Å². The molecule has 30 heavy (non-hydrogen) atoms.